The Hall–Kier alpha value is -2.43. The second kappa shape index (κ2) is 8.52. The number of hydrogen-bond donors (Lipinski definition) is 2. The van der Waals surface area contributed by atoms with Gasteiger partial charge in [0.1, 0.15) is 6.04 Å². The van der Waals surface area contributed by atoms with Gasteiger partial charge in [-0.2, -0.15) is 5.10 Å². The molecule has 3 heterocycles. The Morgan fingerprint density at radius 3 is 2.86 bits per heavy atom. The number of amides is 3. The van der Waals surface area contributed by atoms with Gasteiger partial charge in [0.2, 0.25) is 11.8 Å². The van der Waals surface area contributed by atoms with Crippen molar-refractivity contribution in [2.24, 2.45) is 0 Å². The van der Waals surface area contributed by atoms with Gasteiger partial charge in [-0.05, 0) is 54.0 Å². The number of carbonyl (C=O) groups is 3. The molecule has 1 unspecified atom stereocenters. The fraction of sp³-hybridized carbons (Fsp3) is 0.400. The van der Waals surface area contributed by atoms with E-state index in [0.717, 1.165) is 40.8 Å². The first-order chi connectivity index (χ1) is 14.0. The smallest absolute Gasteiger partial charge is 0.255 e. The summed E-state index contributed by atoms with van der Waals surface area (Å²) in [6.07, 6.45) is 6.48. The van der Waals surface area contributed by atoms with Gasteiger partial charge in [0.25, 0.3) is 5.91 Å². The van der Waals surface area contributed by atoms with Gasteiger partial charge in [-0.1, -0.05) is 6.07 Å². The van der Waals surface area contributed by atoms with Crippen molar-refractivity contribution in [1.29, 1.82) is 0 Å². The Morgan fingerprint density at radius 1 is 1.24 bits per heavy atom. The van der Waals surface area contributed by atoms with Crippen molar-refractivity contribution in [2.45, 2.75) is 44.8 Å². The summed E-state index contributed by atoms with van der Waals surface area (Å²) >= 11 is 2.25. The van der Waals surface area contributed by atoms with Crippen LogP contribution in [-0.2, 0) is 22.7 Å². The maximum absolute atomic E-state index is 12.8. The molecule has 8 nitrogen and oxygen atoms in total. The van der Waals surface area contributed by atoms with E-state index in [2.05, 4.69) is 38.3 Å². The normalized spacial score (nSPS) is 18.7. The largest absolute Gasteiger partial charge is 0.385 e. The average Bonchev–Trinajstić information content (AvgIpc) is 3.25. The Kier molecular flexibility index (Phi) is 5.84. The number of nitrogens with zero attached hydrogens (tertiary/aromatic N) is 3. The van der Waals surface area contributed by atoms with Crippen LogP contribution >= 0.6 is 22.6 Å². The molecule has 2 aromatic rings. The highest BCUT2D eigenvalue weighted by Gasteiger charge is 2.39. The summed E-state index contributed by atoms with van der Waals surface area (Å²) in [6, 6.07) is 5.04. The molecule has 4 rings (SSSR count). The first-order valence-corrected chi connectivity index (χ1v) is 10.8. The third-order valence-corrected chi connectivity index (χ3v) is 5.87. The minimum atomic E-state index is -0.586. The summed E-state index contributed by atoms with van der Waals surface area (Å²) in [5, 5.41) is 10.1. The summed E-state index contributed by atoms with van der Waals surface area (Å²) in [7, 11) is 0. The zero-order chi connectivity index (χ0) is 20.4. The summed E-state index contributed by atoms with van der Waals surface area (Å²) in [6.45, 7) is 2.05. The molecule has 1 atom stereocenters. The maximum atomic E-state index is 12.8. The van der Waals surface area contributed by atoms with Crippen LogP contribution in [0, 0.1) is 3.57 Å². The summed E-state index contributed by atoms with van der Waals surface area (Å²) in [5.41, 5.74) is 2.48. The fourth-order valence-corrected chi connectivity index (χ4v) is 4.28. The maximum Gasteiger partial charge on any atom is 0.255 e. The van der Waals surface area contributed by atoms with Crippen molar-refractivity contribution < 1.29 is 14.4 Å². The van der Waals surface area contributed by atoms with Gasteiger partial charge in [0.15, 0.2) is 0 Å². The van der Waals surface area contributed by atoms with Crippen molar-refractivity contribution in [3.05, 3.63) is 45.3 Å². The lowest BCUT2D eigenvalue weighted by Gasteiger charge is -2.29. The van der Waals surface area contributed by atoms with Gasteiger partial charge >= 0.3 is 0 Å². The third kappa shape index (κ3) is 4.29. The molecule has 1 saturated heterocycles. The zero-order valence-electron chi connectivity index (χ0n) is 15.9. The van der Waals surface area contributed by atoms with Crippen LogP contribution in [0.5, 0.6) is 0 Å². The van der Waals surface area contributed by atoms with Gasteiger partial charge in [-0.15, -0.1) is 0 Å². The molecule has 1 fully saturated rings. The van der Waals surface area contributed by atoms with E-state index in [-0.39, 0.29) is 24.1 Å². The van der Waals surface area contributed by atoms with E-state index in [1.165, 1.54) is 0 Å². The van der Waals surface area contributed by atoms with Crippen LogP contribution in [0.4, 0.5) is 5.69 Å². The van der Waals surface area contributed by atoms with E-state index in [9.17, 15) is 14.4 Å². The van der Waals surface area contributed by atoms with E-state index in [0.29, 0.717) is 18.5 Å². The second-order valence-corrected chi connectivity index (χ2v) is 8.53. The molecule has 152 valence electrons. The number of hydrogen-bond acceptors (Lipinski definition) is 5. The number of imide groups is 1. The Bertz CT molecular complexity index is 957. The van der Waals surface area contributed by atoms with E-state index in [1.54, 1.807) is 11.0 Å². The molecule has 0 radical (unpaired) electrons. The molecule has 1 aromatic carbocycles. The molecule has 2 aliphatic heterocycles. The van der Waals surface area contributed by atoms with Crippen LogP contribution in [0.15, 0.2) is 30.6 Å². The van der Waals surface area contributed by atoms with Crippen molar-refractivity contribution >= 4 is 46.0 Å². The number of aryl methyl sites for hydroxylation is 1. The van der Waals surface area contributed by atoms with E-state index in [4.69, 9.17) is 0 Å². The van der Waals surface area contributed by atoms with Crippen molar-refractivity contribution in [3.63, 3.8) is 0 Å². The lowest BCUT2D eigenvalue weighted by molar-refractivity contribution is -0.136. The van der Waals surface area contributed by atoms with Gasteiger partial charge in [0, 0.05) is 49.1 Å². The van der Waals surface area contributed by atoms with E-state index >= 15 is 0 Å². The molecule has 2 N–H and O–H groups in total. The van der Waals surface area contributed by atoms with Crippen molar-refractivity contribution in [1.82, 2.24) is 20.0 Å². The number of nitrogens with one attached hydrogen (secondary N) is 2. The van der Waals surface area contributed by atoms with E-state index in [1.807, 2.05) is 29.2 Å². The molecule has 0 spiro atoms. The first kappa shape index (κ1) is 19.9. The molecule has 0 saturated carbocycles. The van der Waals surface area contributed by atoms with Crippen LogP contribution in [0.25, 0.3) is 0 Å². The first-order valence-electron chi connectivity index (χ1n) is 9.71. The fourth-order valence-electron chi connectivity index (χ4n) is 3.83. The summed E-state index contributed by atoms with van der Waals surface area (Å²) < 4.78 is 3.07. The number of aromatic nitrogens is 2. The predicted octanol–water partition coefficient (Wildman–Crippen LogP) is 2.14. The molecule has 1 aromatic heterocycles. The lowest BCUT2D eigenvalue weighted by atomic mass is 10.0. The monoisotopic (exact) mass is 507 g/mol. The Balaban J connectivity index is 1.35. The van der Waals surface area contributed by atoms with Crippen LogP contribution in [0.2, 0.25) is 0 Å². The standard InChI is InChI=1S/C20H22IN5O3/c21-13-10-23-25(11-13)9-2-1-8-22-16-5-3-4-14-15(16)12-26(20(14)29)17-6-7-18(27)24-19(17)28/h3-5,10-11,17,22H,1-2,6-9,12H2,(H,24,27,28). The number of unbranched alkanes of at least 4 members (excludes halogenated alkanes) is 1. The third-order valence-electron chi connectivity index (χ3n) is 5.31. The molecule has 9 heteroatoms. The number of halogens is 1. The highest BCUT2D eigenvalue weighted by atomic mass is 127. The highest BCUT2D eigenvalue weighted by Crippen LogP contribution is 2.32. The van der Waals surface area contributed by atoms with Crippen LogP contribution in [-0.4, -0.2) is 45.0 Å². The van der Waals surface area contributed by atoms with Crippen LogP contribution in [0.1, 0.15) is 41.6 Å². The zero-order valence-corrected chi connectivity index (χ0v) is 18.0. The summed E-state index contributed by atoms with van der Waals surface area (Å²) in [4.78, 5) is 38.0. The average molecular weight is 507 g/mol. The molecular formula is C20H22IN5O3. The van der Waals surface area contributed by atoms with Gasteiger partial charge in [0.05, 0.1) is 9.77 Å². The highest BCUT2D eigenvalue weighted by molar-refractivity contribution is 14.1. The quantitative estimate of drug-likeness (QED) is 0.340. The SMILES string of the molecule is O=C1CCC(N2Cc3c(NCCCCn4cc(I)cn4)cccc3C2=O)C(=O)N1. The molecule has 0 bridgehead atoms. The molecule has 3 amide bonds. The van der Waals surface area contributed by atoms with Crippen LogP contribution < -0.4 is 10.6 Å². The van der Waals surface area contributed by atoms with Gasteiger partial charge in [-0.3, -0.25) is 24.4 Å². The lowest BCUT2D eigenvalue weighted by Crippen LogP contribution is -2.52. The number of fused-ring (bicyclic) bond motifs is 1. The molecule has 0 aliphatic carbocycles. The van der Waals surface area contributed by atoms with Crippen LogP contribution in [0.3, 0.4) is 0 Å². The number of piperidine rings is 1. The topological polar surface area (TPSA) is 96.3 Å². The Labute approximate surface area is 182 Å². The van der Waals surface area contributed by atoms with Gasteiger partial charge in [-0.25, -0.2) is 0 Å². The Morgan fingerprint density at radius 2 is 2.10 bits per heavy atom. The van der Waals surface area contributed by atoms with Gasteiger partial charge < -0.3 is 10.2 Å². The predicted molar refractivity (Wildman–Crippen MR) is 115 cm³/mol. The molecule has 29 heavy (non-hydrogen) atoms. The number of carbonyl (C=O) groups excluding carboxylic acids is 3. The minimum absolute atomic E-state index is 0.147. The summed E-state index contributed by atoms with van der Waals surface area (Å²) in [5.74, 6) is -0.806. The number of benzene rings is 1. The molecule has 2 aliphatic rings. The second-order valence-electron chi connectivity index (χ2n) is 7.29. The minimum Gasteiger partial charge on any atom is -0.385 e. The molecular weight excluding hydrogens is 485 g/mol. The number of anilines is 1. The van der Waals surface area contributed by atoms with Crippen molar-refractivity contribution in [2.75, 3.05) is 11.9 Å². The van der Waals surface area contributed by atoms with E-state index < -0.39 is 6.04 Å². The number of rotatable bonds is 7. The van der Waals surface area contributed by atoms with Crippen molar-refractivity contribution in [3.8, 4) is 0 Å².